The molecular formula is C19H28N2SSi. The highest BCUT2D eigenvalue weighted by molar-refractivity contribution is 8.29. The Morgan fingerprint density at radius 3 is 1.70 bits per heavy atom. The van der Waals surface area contributed by atoms with Crippen LogP contribution in [-0.2, 0) is 0 Å². The van der Waals surface area contributed by atoms with Crippen LogP contribution in [0.25, 0.3) is 11.4 Å². The van der Waals surface area contributed by atoms with Crippen molar-refractivity contribution in [2.24, 2.45) is 0 Å². The third kappa shape index (κ3) is 3.86. The molecule has 0 unspecified atom stereocenters. The quantitative estimate of drug-likeness (QED) is 0.566. The van der Waals surface area contributed by atoms with E-state index in [2.05, 4.69) is 87.0 Å². The minimum Gasteiger partial charge on any atom is -0.237 e. The number of hydrogen-bond donors (Lipinski definition) is 0. The summed E-state index contributed by atoms with van der Waals surface area (Å²) in [5, 5.41) is 0. The van der Waals surface area contributed by atoms with Gasteiger partial charge in [-0.2, -0.15) is 11.2 Å². The minimum absolute atomic E-state index is 0.754. The van der Waals surface area contributed by atoms with Gasteiger partial charge in [0.25, 0.3) is 0 Å². The highest BCUT2D eigenvalue weighted by Gasteiger charge is 2.43. The molecule has 0 saturated heterocycles. The molecule has 0 saturated carbocycles. The summed E-state index contributed by atoms with van der Waals surface area (Å²) in [4.78, 5) is 10.0. The van der Waals surface area contributed by atoms with E-state index in [1.54, 1.807) is 12.4 Å². The van der Waals surface area contributed by atoms with E-state index in [0.717, 1.165) is 28.0 Å². The smallest absolute Gasteiger partial charge is 0.159 e. The van der Waals surface area contributed by atoms with Gasteiger partial charge in [0, 0.05) is 22.9 Å². The van der Waals surface area contributed by atoms with E-state index < -0.39 is 7.22 Å². The van der Waals surface area contributed by atoms with E-state index in [9.17, 15) is 0 Å². The van der Waals surface area contributed by atoms with Crippen LogP contribution in [0.15, 0.2) is 47.6 Å². The monoisotopic (exact) mass is 344 g/mol. The highest BCUT2D eigenvalue weighted by atomic mass is 32.4. The second-order valence-electron chi connectivity index (χ2n) is 7.02. The largest absolute Gasteiger partial charge is 0.237 e. The number of benzene rings is 1. The van der Waals surface area contributed by atoms with Gasteiger partial charge >= 0.3 is 0 Å². The van der Waals surface area contributed by atoms with Crippen molar-refractivity contribution in [3.63, 3.8) is 0 Å². The van der Waals surface area contributed by atoms with Crippen molar-refractivity contribution in [1.82, 2.24) is 9.97 Å². The lowest BCUT2D eigenvalue weighted by Crippen LogP contribution is -2.40. The lowest BCUT2D eigenvalue weighted by Gasteiger charge is -2.42. The maximum Gasteiger partial charge on any atom is 0.159 e. The zero-order valence-corrected chi connectivity index (χ0v) is 16.9. The standard InChI is InChI=1S/C19H28N2SSi/c1-14(2)23(15(3)4,16(5)6)22-18-10-8-17(9-11-18)19-20-12-7-13-21-19/h7-16H,1-6H3. The average molecular weight is 345 g/mol. The SMILES string of the molecule is CC(C)[Si](Sc1ccc(-c2ncccn2)cc1)(C(C)C)C(C)C. The molecule has 0 aliphatic rings. The molecule has 4 heteroatoms. The Bertz CT molecular complexity index is 587. The Labute approximate surface area is 145 Å². The molecule has 0 aliphatic heterocycles. The van der Waals surface area contributed by atoms with Crippen LogP contribution in [0.3, 0.4) is 0 Å². The third-order valence-corrected chi connectivity index (χ3v) is 17.0. The first kappa shape index (κ1) is 18.2. The molecular weight excluding hydrogens is 316 g/mol. The molecule has 0 radical (unpaired) electrons. The number of nitrogens with zero attached hydrogens (tertiary/aromatic N) is 2. The zero-order chi connectivity index (χ0) is 17.0. The molecule has 2 nitrogen and oxygen atoms in total. The molecule has 0 spiro atoms. The summed E-state index contributed by atoms with van der Waals surface area (Å²) in [6.07, 6.45) is 3.58. The molecule has 1 aromatic heterocycles. The minimum atomic E-state index is -1.48. The first-order valence-corrected chi connectivity index (χ1v) is 12.2. The van der Waals surface area contributed by atoms with E-state index in [0.29, 0.717) is 0 Å². The van der Waals surface area contributed by atoms with E-state index in [4.69, 9.17) is 0 Å². The van der Waals surface area contributed by atoms with Gasteiger partial charge in [-0.1, -0.05) is 53.7 Å². The van der Waals surface area contributed by atoms with Gasteiger partial charge in [-0.05, 0) is 34.8 Å². The number of rotatable bonds is 6. The van der Waals surface area contributed by atoms with Crippen molar-refractivity contribution >= 4 is 18.4 Å². The van der Waals surface area contributed by atoms with Crippen molar-refractivity contribution in [3.05, 3.63) is 42.7 Å². The third-order valence-electron chi connectivity index (χ3n) is 4.68. The van der Waals surface area contributed by atoms with Gasteiger partial charge in [0.1, 0.15) is 7.22 Å². The second-order valence-corrected chi connectivity index (χ2v) is 15.6. The van der Waals surface area contributed by atoms with E-state index in [1.165, 1.54) is 4.90 Å². The number of hydrogen-bond acceptors (Lipinski definition) is 3. The Hall–Kier alpha value is -1.13. The normalized spacial score (nSPS) is 12.4. The van der Waals surface area contributed by atoms with E-state index >= 15 is 0 Å². The van der Waals surface area contributed by atoms with E-state index in [1.807, 2.05) is 6.07 Å². The van der Waals surface area contributed by atoms with Crippen LogP contribution >= 0.6 is 11.2 Å². The average Bonchev–Trinajstić information content (AvgIpc) is 2.53. The first-order chi connectivity index (χ1) is 10.9. The highest BCUT2D eigenvalue weighted by Crippen LogP contribution is 2.51. The van der Waals surface area contributed by atoms with Crippen LogP contribution in [0.2, 0.25) is 16.6 Å². The van der Waals surface area contributed by atoms with Crippen LogP contribution in [-0.4, -0.2) is 17.2 Å². The molecule has 1 heterocycles. The first-order valence-electron chi connectivity index (χ1n) is 8.44. The predicted molar refractivity (Wildman–Crippen MR) is 104 cm³/mol. The lowest BCUT2D eigenvalue weighted by molar-refractivity contribution is 0.851. The molecule has 2 aromatic rings. The predicted octanol–water partition coefficient (Wildman–Crippen LogP) is 6.41. The summed E-state index contributed by atoms with van der Waals surface area (Å²) in [6, 6.07) is 10.6. The fraction of sp³-hybridized carbons (Fsp3) is 0.474. The van der Waals surface area contributed by atoms with Crippen molar-refractivity contribution < 1.29 is 0 Å². The van der Waals surface area contributed by atoms with Gasteiger partial charge in [0.15, 0.2) is 5.82 Å². The van der Waals surface area contributed by atoms with E-state index in [-0.39, 0.29) is 0 Å². The molecule has 23 heavy (non-hydrogen) atoms. The summed E-state index contributed by atoms with van der Waals surface area (Å²) >= 11 is 2.16. The van der Waals surface area contributed by atoms with Crippen molar-refractivity contribution in [3.8, 4) is 11.4 Å². The Kier molecular flexibility index (Phi) is 6.04. The lowest BCUT2D eigenvalue weighted by atomic mass is 10.2. The Balaban J connectivity index is 2.28. The fourth-order valence-corrected chi connectivity index (χ4v) is 12.8. The maximum absolute atomic E-state index is 4.33. The summed E-state index contributed by atoms with van der Waals surface area (Å²) in [5.41, 5.74) is 3.35. The summed E-state index contributed by atoms with van der Waals surface area (Å²) < 4.78 is 0. The van der Waals surface area contributed by atoms with Gasteiger partial charge in [-0.3, -0.25) is 0 Å². The van der Waals surface area contributed by atoms with Crippen molar-refractivity contribution in [1.29, 1.82) is 0 Å². The molecule has 0 N–H and O–H groups in total. The van der Waals surface area contributed by atoms with Crippen molar-refractivity contribution in [2.45, 2.75) is 63.1 Å². The van der Waals surface area contributed by atoms with Gasteiger partial charge in [0.05, 0.1) is 0 Å². The Morgan fingerprint density at radius 2 is 1.26 bits per heavy atom. The van der Waals surface area contributed by atoms with Crippen LogP contribution in [0.4, 0.5) is 0 Å². The molecule has 0 aliphatic carbocycles. The molecule has 124 valence electrons. The van der Waals surface area contributed by atoms with Crippen LogP contribution in [0, 0.1) is 0 Å². The van der Waals surface area contributed by atoms with Crippen LogP contribution in [0.1, 0.15) is 41.5 Å². The summed E-state index contributed by atoms with van der Waals surface area (Å²) in [5.74, 6) is 0.795. The fourth-order valence-electron chi connectivity index (χ4n) is 3.68. The molecule has 0 atom stereocenters. The number of aromatic nitrogens is 2. The topological polar surface area (TPSA) is 25.8 Å². The van der Waals surface area contributed by atoms with Gasteiger partial charge in [-0.25, -0.2) is 9.97 Å². The second kappa shape index (κ2) is 7.62. The van der Waals surface area contributed by atoms with Gasteiger partial charge in [-0.15, -0.1) is 0 Å². The molecule has 1 aromatic carbocycles. The molecule has 0 fully saturated rings. The summed E-state index contributed by atoms with van der Waals surface area (Å²) in [7, 11) is -1.48. The maximum atomic E-state index is 4.33. The van der Waals surface area contributed by atoms with Crippen molar-refractivity contribution in [2.75, 3.05) is 0 Å². The van der Waals surface area contributed by atoms with Crippen LogP contribution in [0.5, 0.6) is 0 Å². The zero-order valence-electron chi connectivity index (χ0n) is 15.1. The Morgan fingerprint density at radius 1 is 0.783 bits per heavy atom. The molecule has 2 rings (SSSR count). The molecule has 0 bridgehead atoms. The molecule has 0 amide bonds. The van der Waals surface area contributed by atoms with Gasteiger partial charge in [0.2, 0.25) is 0 Å². The summed E-state index contributed by atoms with van der Waals surface area (Å²) in [6.45, 7) is 14.4. The van der Waals surface area contributed by atoms with Crippen LogP contribution < -0.4 is 0 Å². The van der Waals surface area contributed by atoms with Gasteiger partial charge < -0.3 is 0 Å².